The Morgan fingerprint density at radius 3 is 2.61 bits per heavy atom. The number of para-hydroxylation sites is 1. The summed E-state index contributed by atoms with van der Waals surface area (Å²) < 4.78 is 5.91. The van der Waals surface area contributed by atoms with Crippen LogP contribution in [0.3, 0.4) is 0 Å². The van der Waals surface area contributed by atoms with Crippen LogP contribution in [-0.4, -0.2) is 48.3 Å². The molecule has 0 aromatic heterocycles. The van der Waals surface area contributed by atoms with Crippen molar-refractivity contribution < 1.29 is 19.4 Å². The molecule has 2 N–H and O–H groups in total. The van der Waals surface area contributed by atoms with Crippen LogP contribution in [0, 0.1) is 0 Å². The van der Waals surface area contributed by atoms with Gasteiger partial charge in [-0.3, -0.25) is 14.9 Å². The number of aliphatic hydroxyl groups excluding tert-OH is 1. The van der Waals surface area contributed by atoms with E-state index < -0.39 is 11.6 Å². The van der Waals surface area contributed by atoms with Crippen LogP contribution in [0.5, 0.6) is 0 Å². The summed E-state index contributed by atoms with van der Waals surface area (Å²) in [6.45, 7) is 3.99. The first-order valence-electron chi connectivity index (χ1n) is 7.83. The molecular weight excluding hydrogens is 296 g/mol. The van der Waals surface area contributed by atoms with Gasteiger partial charge in [-0.15, -0.1) is 0 Å². The lowest BCUT2D eigenvalue weighted by atomic mass is 9.96. The number of benzene rings is 1. The molecule has 2 rings (SSSR count). The number of anilines is 1. The van der Waals surface area contributed by atoms with Crippen LogP contribution >= 0.6 is 0 Å². The normalized spacial score (nSPS) is 23.1. The summed E-state index contributed by atoms with van der Waals surface area (Å²) in [5.74, 6) is -0.679. The Bertz CT molecular complexity index is 545. The Labute approximate surface area is 136 Å². The third-order valence-electron chi connectivity index (χ3n) is 4.05. The van der Waals surface area contributed by atoms with E-state index in [-0.39, 0.29) is 31.4 Å². The molecule has 0 aliphatic carbocycles. The molecule has 0 bridgehead atoms. The van der Waals surface area contributed by atoms with Gasteiger partial charge in [-0.25, -0.2) is 0 Å². The van der Waals surface area contributed by atoms with Crippen LogP contribution in [0.15, 0.2) is 30.3 Å². The van der Waals surface area contributed by atoms with E-state index in [9.17, 15) is 14.7 Å². The molecule has 0 spiro atoms. The molecular formula is C17H24N2O4. The Morgan fingerprint density at radius 1 is 1.26 bits per heavy atom. The van der Waals surface area contributed by atoms with E-state index >= 15 is 0 Å². The quantitative estimate of drug-likeness (QED) is 0.798. The zero-order chi connectivity index (χ0) is 16.9. The summed E-state index contributed by atoms with van der Waals surface area (Å²) >= 11 is 0. The van der Waals surface area contributed by atoms with Crippen molar-refractivity contribution in [3.05, 3.63) is 30.3 Å². The van der Waals surface area contributed by atoms with Gasteiger partial charge in [0.1, 0.15) is 0 Å². The van der Waals surface area contributed by atoms with Gasteiger partial charge in [-0.05, 0) is 32.4 Å². The molecule has 1 aliphatic heterocycles. The second-order valence-corrected chi connectivity index (χ2v) is 6.19. The highest BCUT2D eigenvalue weighted by Gasteiger charge is 2.36. The Kier molecular flexibility index (Phi) is 5.74. The summed E-state index contributed by atoms with van der Waals surface area (Å²) in [4.78, 5) is 25.7. The predicted molar refractivity (Wildman–Crippen MR) is 87.1 cm³/mol. The summed E-state index contributed by atoms with van der Waals surface area (Å²) in [5.41, 5.74) is 0.128. The number of amides is 2. The first kappa shape index (κ1) is 17.4. The van der Waals surface area contributed by atoms with E-state index in [1.807, 2.05) is 44.2 Å². The molecule has 2 amide bonds. The molecule has 1 atom stereocenters. The van der Waals surface area contributed by atoms with Gasteiger partial charge in [-0.2, -0.15) is 0 Å². The Morgan fingerprint density at radius 2 is 1.96 bits per heavy atom. The second-order valence-electron chi connectivity index (χ2n) is 6.19. The van der Waals surface area contributed by atoms with Gasteiger partial charge < -0.3 is 14.7 Å². The van der Waals surface area contributed by atoms with Gasteiger partial charge in [0.05, 0.1) is 24.8 Å². The average molecular weight is 320 g/mol. The molecule has 23 heavy (non-hydrogen) atoms. The number of hydrogen-bond acceptors (Lipinski definition) is 5. The molecule has 1 aromatic rings. The monoisotopic (exact) mass is 320 g/mol. The number of nitrogens with zero attached hydrogens (tertiary/aromatic N) is 1. The lowest BCUT2D eigenvalue weighted by Crippen LogP contribution is -2.56. The molecule has 0 saturated carbocycles. The van der Waals surface area contributed by atoms with Crippen LogP contribution in [-0.2, 0) is 14.3 Å². The average Bonchev–Trinajstić information content (AvgIpc) is 2.53. The van der Waals surface area contributed by atoms with Crippen molar-refractivity contribution in [1.29, 1.82) is 0 Å². The van der Waals surface area contributed by atoms with E-state index in [2.05, 4.69) is 5.32 Å². The fourth-order valence-corrected chi connectivity index (χ4v) is 2.77. The van der Waals surface area contributed by atoms with Crippen molar-refractivity contribution in [3.63, 3.8) is 0 Å². The van der Waals surface area contributed by atoms with E-state index in [0.29, 0.717) is 13.0 Å². The highest BCUT2D eigenvalue weighted by molar-refractivity contribution is 5.97. The van der Waals surface area contributed by atoms with E-state index in [0.717, 1.165) is 5.69 Å². The standard InChI is InChI=1S/C17H24N2O4/c1-17(2)14(12-20)19(13-7-4-3-5-8-13)11-16(22)18-15(21)9-6-10-23-17/h3-5,7-8,14,20H,6,9-12H2,1-2H3,(H,18,21,22). The second kappa shape index (κ2) is 7.57. The van der Waals surface area contributed by atoms with Crippen molar-refractivity contribution in [1.82, 2.24) is 5.32 Å². The van der Waals surface area contributed by atoms with Crippen molar-refractivity contribution in [2.24, 2.45) is 0 Å². The first-order chi connectivity index (χ1) is 10.9. The smallest absolute Gasteiger partial charge is 0.246 e. The first-order valence-corrected chi connectivity index (χ1v) is 7.83. The number of rotatable bonds is 2. The van der Waals surface area contributed by atoms with Gasteiger partial charge in [-0.1, -0.05) is 18.2 Å². The highest BCUT2D eigenvalue weighted by Crippen LogP contribution is 2.26. The summed E-state index contributed by atoms with van der Waals surface area (Å²) in [6, 6.07) is 8.94. The minimum absolute atomic E-state index is 0.0201. The molecule has 126 valence electrons. The topological polar surface area (TPSA) is 78.9 Å². The SMILES string of the molecule is CC1(C)OCCCC(=O)NC(=O)CN(c2ccccc2)C1CO. The minimum atomic E-state index is -0.668. The molecule has 0 radical (unpaired) electrons. The highest BCUT2D eigenvalue weighted by atomic mass is 16.5. The lowest BCUT2D eigenvalue weighted by Gasteiger charge is -2.41. The van der Waals surface area contributed by atoms with Crippen molar-refractivity contribution >= 4 is 17.5 Å². The fourth-order valence-electron chi connectivity index (χ4n) is 2.77. The third-order valence-corrected chi connectivity index (χ3v) is 4.05. The molecule has 1 heterocycles. The molecule has 1 fully saturated rings. The Balaban J connectivity index is 2.37. The van der Waals surface area contributed by atoms with Crippen LogP contribution in [0.1, 0.15) is 26.7 Å². The van der Waals surface area contributed by atoms with Gasteiger partial charge in [0.15, 0.2) is 0 Å². The van der Waals surface area contributed by atoms with Gasteiger partial charge in [0, 0.05) is 18.7 Å². The summed E-state index contributed by atoms with van der Waals surface area (Å²) in [5, 5.41) is 12.3. The largest absolute Gasteiger partial charge is 0.394 e. The number of ether oxygens (including phenoxy) is 1. The molecule has 6 nitrogen and oxygen atoms in total. The van der Waals surface area contributed by atoms with Crippen molar-refractivity contribution in [2.75, 3.05) is 24.7 Å². The number of carbonyl (C=O) groups is 2. The molecule has 1 aliphatic rings. The van der Waals surface area contributed by atoms with Crippen LogP contribution < -0.4 is 10.2 Å². The minimum Gasteiger partial charge on any atom is -0.394 e. The number of carbonyl (C=O) groups excluding carboxylic acids is 2. The zero-order valence-electron chi connectivity index (χ0n) is 13.6. The molecule has 1 saturated heterocycles. The zero-order valence-corrected chi connectivity index (χ0v) is 13.6. The lowest BCUT2D eigenvalue weighted by molar-refractivity contribution is -0.129. The summed E-state index contributed by atoms with van der Waals surface area (Å²) in [6.07, 6.45) is 0.781. The maximum atomic E-state index is 12.2. The van der Waals surface area contributed by atoms with Gasteiger partial charge >= 0.3 is 0 Å². The predicted octanol–water partition coefficient (Wildman–Crippen LogP) is 1.09. The molecule has 6 heteroatoms. The maximum Gasteiger partial charge on any atom is 0.246 e. The van der Waals surface area contributed by atoms with E-state index in [4.69, 9.17) is 4.74 Å². The number of nitrogens with one attached hydrogen (secondary N) is 1. The van der Waals surface area contributed by atoms with Gasteiger partial charge in [0.25, 0.3) is 0 Å². The number of hydrogen-bond donors (Lipinski definition) is 2. The van der Waals surface area contributed by atoms with Crippen LogP contribution in [0.4, 0.5) is 5.69 Å². The third kappa shape index (κ3) is 4.53. The van der Waals surface area contributed by atoms with Crippen LogP contribution in [0.25, 0.3) is 0 Å². The van der Waals surface area contributed by atoms with Crippen LogP contribution in [0.2, 0.25) is 0 Å². The molecule has 1 aromatic carbocycles. The van der Waals surface area contributed by atoms with Crippen molar-refractivity contribution in [3.8, 4) is 0 Å². The number of aliphatic hydroxyl groups is 1. The fraction of sp³-hybridized carbons (Fsp3) is 0.529. The summed E-state index contributed by atoms with van der Waals surface area (Å²) in [7, 11) is 0. The maximum absolute atomic E-state index is 12.2. The number of imide groups is 1. The van der Waals surface area contributed by atoms with E-state index in [1.54, 1.807) is 4.90 Å². The van der Waals surface area contributed by atoms with Crippen molar-refractivity contribution in [2.45, 2.75) is 38.3 Å². The van der Waals surface area contributed by atoms with E-state index in [1.165, 1.54) is 0 Å². The Hall–Kier alpha value is -1.92. The van der Waals surface area contributed by atoms with Gasteiger partial charge in [0.2, 0.25) is 11.8 Å². The molecule has 1 unspecified atom stereocenters.